The Bertz CT molecular complexity index is 631. The molecule has 1 saturated carbocycles. The molecule has 1 aromatic carbocycles. The van der Waals surface area contributed by atoms with Crippen LogP contribution >= 0.6 is 11.6 Å². The fraction of sp³-hybridized carbons (Fsp3) is 0.286. The number of hydrogen-bond acceptors (Lipinski definition) is 2. The van der Waals surface area contributed by atoms with Gasteiger partial charge in [-0.25, -0.2) is 0 Å². The van der Waals surface area contributed by atoms with Crippen molar-refractivity contribution in [2.75, 3.05) is 5.32 Å². The first-order chi connectivity index (χ1) is 9.12. The Labute approximate surface area is 116 Å². The molecule has 19 heavy (non-hydrogen) atoms. The van der Waals surface area contributed by atoms with Crippen molar-refractivity contribution in [3.63, 3.8) is 0 Å². The number of aromatic amines is 1. The number of rotatable bonds is 3. The largest absolute Gasteiger partial charge is 0.308 e. The van der Waals surface area contributed by atoms with Crippen LogP contribution < -0.4 is 5.32 Å². The molecule has 0 bridgehead atoms. The number of benzene rings is 1. The lowest BCUT2D eigenvalue weighted by Crippen LogP contribution is -2.28. The molecule has 1 fully saturated rings. The lowest BCUT2D eigenvalue weighted by molar-refractivity contribution is -0.118. The lowest BCUT2D eigenvalue weighted by Gasteiger charge is -2.16. The van der Waals surface area contributed by atoms with Crippen molar-refractivity contribution in [1.82, 2.24) is 10.2 Å². The number of halogens is 1. The monoisotopic (exact) mass is 275 g/mol. The van der Waals surface area contributed by atoms with Crippen LogP contribution in [0.3, 0.4) is 0 Å². The van der Waals surface area contributed by atoms with Gasteiger partial charge in [-0.3, -0.25) is 9.89 Å². The molecule has 0 radical (unpaired) electrons. The maximum absolute atomic E-state index is 12.4. The summed E-state index contributed by atoms with van der Waals surface area (Å²) in [5, 5.41) is 10.3. The first-order valence-electron chi connectivity index (χ1n) is 6.20. The van der Waals surface area contributed by atoms with Gasteiger partial charge in [-0.1, -0.05) is 29.8 Å². The fourth-order valence-electron chi connectivity index (χ4n) is 2.31. The minimum Gasteiger partial charge on any atom is -0.308 e. The van der Waals surface area contributed by atoms with Crippen LogP contribution in [0, 0.1) is 6.92 Å². The molecule has 2 N–H and O–H groups in total. The molecule has 1 heterocycles. The molecular weight excluding hydrogens is 262 g/mol. The van der Waals surface area contributed by atoms with E-state index in [0.29, 0.717) is 10.8 Å². The lowest BCUT2D eigenvalue weighted by atomic mass is 9.95. The van der Waals surface area contributed by atoms with E-state index in [1.807, 2.05) is 31.2 Å². The standard InChI is InChI=1S/C14H14ClN3O/c1-9-8-12(18-17-9)16-13(19)14(6-7-14)10-4-2-3-5-11(10)15/h2-5,8H,6-7H2,1H3,(H2,16,17,18,19). The summed E-state index contributed by atoms with van der Waals surface area (Å²) in [5.74, 6) is 0.521. The van der Waals surface area contributed by atoms with E-state index in [0.717, 1.165) is 24.1 Å². The molecule has 5 heteroatoms. The van der Waals surface area contributed by atoms with E-state index in [9.17, 15) is 4.79 Å². The fourth-order valence-corrected chi connectivity index (χ4v) is 2.63. The molecule has 1 aliphatic rings. The van der Waals surface area contributed by atoms with Crippen molar-refractivity contribution in [2.45, 2.75) is 25.2 Å². The second kappa shape index (κ2) is 4.38. The summed E-state index contributed by atoms with van der Waals surface area (Å²) in [6.07, 6.45) is 1.65. The molecule has 0 aliphatic heterocycles. The third-order valence-corrected chi connectivity index (χ3v) is 3.85. The van der Waals surface area contributed by atoms with Crippen molar-refractivity contribution in [1.29, 1.82) is 0 Å². The van der Waals surface area contributed by atoms with E-state index in [-0.39, 0.29) is 5.91 Å². The molecule has 3 rings (SSSR count). The molecule has 98 valence electrons. The van der Waals surface area contributed by atoms with Gasteiger partial charge >= 0.3 is 0 Å². The summed E-state index contributed by atoms with van der Waals surface area (Å²) < 4.78 is 0. The minimum absolute atomic E-state index is 0.0351. The summed E-state index contributed by atoms with van der Waals surface area (Å²) >= 11 is 6.20. The molecular formula is C14H14ClN3O. The van der Waals surface area contributed by atoms with Gasteiger partial charge in [0.2, 0.25) is 5.91 Å². The Hall–Kier alpha value is -1.81. The average Bonchev–Trinajstić information content (AvgIpc) is 3.09. The Morgan fingerprint density at radius 2 is 2.16 bits per heavy atom. The van der Waals surface area contributed by atoms with Crippen LogP contribution in [0.5, 0.6) is 0 Å². The zero-order valence-corrected chi connectivity index (χ0v) is 11.3. The molecule has 0 unspecified atom stereocenters. The van der Waals surface area contributed by atoms with E-state index in [2.05, 4.69) is 15.5 Å². The van der Waals surface area contributed by atoms with Gasteiger partial charge in [-0.2, -0.15) is 5.10 Å². The quantitative estimate of drug-likeness (QED) is 0.904. The maximum atomic E-state index is 12.4. The van der Waals surface area contributed by atoms with E-state index in [4.69, 9.17) is 11.6 Å². The Morgan fingerprint density at radius 3 is 2.74 bits per heavy atom. The molecule has 0 saturated heterocycles. The van der Waals surface area contributed by atoms with Gasteiger partial charge in [0, 0.05) is 16.8 Å². The van der Waals surface area contributed by atoms with Crippen LogP contribution in [0.25, 0.3) is 0 Å². The number of nitrogens with zero attached hydrogens (tertiary/aromatic N) is 1. The van der Waals surface area contributed by atoms with Gasteiger partial charge in [0.25, 0.3) is 0 Å². The number of amides is 1. The molecule has 4 nitrogen and oxygen atoms in total. The van der Waals surface area contributed by atoms with Gasteiger partial charge in [-0.15, -0.1) is 0 Å². The van der Waals surface area contributed by atoms with Crippen LogP contribution in [0.4, 0.5) is 5.82 Å². The number of carbonyl (C=O) groups excluding carboxylic acids is 1. The van der Waals surface area contributed by atoms with E-state index in [1.54, 1.807) is 6.07 Å². The second-order valence-corrected chi connectivity index (χ2v) is 5.36. The first kappa shape index (κ1) is 12.2. The van der Waals surface area contributed by atoms with Crippen molar-refractivity contribution in [2.24, 2.45) is 0 Å². The molecule has 1 aromatic heterocycles. The summed E-state index contributed by atoms with van der Waals surface area (Å²) in [6.45, 7) is 1.89. The van der Waals surface area contributed by atoms with E-state index in [1.165, 1.54) is 0 Å². The SMILES string of the molecule is Cc1cc(NC(=O)C2(c3ccccc3Cl)CC2)n[nH]1. The van der Waals surface area contributed by atoms with E-state index < -0.39 is 5.41 Å². The smallest absolute Gasteiger partial charge is 0.236 e. The number of hydrogen-bond donors (Lipinski definition) is 2. The van der Waals surface area contributed by atoms with Crippen molar-refractivity contribution < 1.29 is 4.79 Å². The minimum atomic E-state index is -0.481. The molecule has 0 spiro atoms. The number of aromatic nitrogens is 2. The molecule has 2 aromatic rings. The third-order valence-electron chi connectivity index (χ3n) is 3.52. The van der Waals surface area contributed by atoms with Crippen LogP contribution in [-0.2, 0) is 10.2 Å². The van der Waals surface area contributed by atoms with Gasteiger partial charge in [-0.05, 0) is 31.4 Å². The molecule has 1 amide bonds. The number of aryl methyl sites for hydroxylation is 1. The van der Waals surface area contributed by atoms with E-state index >= 15 is 0 Å². The van der Waals surface area contributed by atoms with Gasteiger partial charge in [0.1, 0.15) is 0 Å². The normalized spacial score (nSPS) is 16.1. The topological polar surface area (TPSA) is 57.8 Å². The first-order valence-corrected chi connectivity index (χ1v) is 6.58. The number of anilines is 1. The predicted octanol–water partition coefficient (Wildman–Crippen LogP) is 3.04. The number of nitrogens with one attached hydrogen (secondary N) is 2. The van der Waals surface area contributed by atoms with Crippen LogP contribution in [0.15, 0.2) is 30.3 Å². The number of carbonyl (C=O) groups is 1. The van der Waals surface area contributed by atoms with Crippen molar-refractivity contribution in [3.8, 4) is 0 Å². The maximum Gasteiger partial charge on any atom is 0.236 e. The Balaban J connectivity index is 1.85. The average molecular weight is 276 g/mol. The summed E-state index contributed by atoms with van der Waals surface area (Å²) in [5.41, 5.74) is 1.34. The second-order valence-electron chi connectivity index (χ2n) is 4.95. The Kier molecular flexibility index (Phi) is 2.82. The predicted molar refractivity (Wildman–Crippen MR) is 74.3 cm³/mol. The van der Waals surface area contributed by atoms with Crippen molar-refractivity contribution in [3.05, 3.63) is 46.6 Å². The highest BCUT2D eigenvalue weighted by atomic mass is 35.5. The highest BCUT2D eigenvalue weighted by molar-refractivity contribution is 6.32. The van der Waals surface area contributed by atoms with Gasteiger partial charge < -0.3 is 5.32 Å². The van der Waals surface area contributed by atoms with Crippen LogP contribution in [-0.4, -0.2) is 16.1 Å². The van der Waals surface area contributed by atoms with Gasteiger partial charge in [0.05, 0.1) is 5.41 Å². The van der Waals surface area contributed by atoms with Gasteiger partial charge in [0.15, 0.2) is 5.82 Å². The van der Waals surface area contributed by atoms with Crippen molar-refractivity contribution >= 4 is 23.3 Å². The summed E-state index contributed by atoms with van der Waals surface area (Å²) in [6, 6.07) is 9.33. The third kappa shape index (κ3) is 2.12. The Morgan fingerprint density at radius 1 is 1.42 bits per heavy atom. The highest BCUT2D eigenvalue weighted by Gasteiger charge is 2.52. The summed E-state index contributed by atoms with van der Waals surface area (Å²) in [4.78, 5) is 12.4. The zero-order valence-electron chi connectivity index (χ0n) is 10.5. The molecule has 1 aliphatic carbocycles. The summed E-state index contributed by atoms with van der Waals surface area (Å²) in [7, 11) is 0. The zero-order chi connectivity index (χ0) is 13.5. The number of H-pyrrole nitrogens is 1. The van der Waals surface area contributed by atoms with Crippen LogP contribution in [0.1, 0.15) is 24.1 Å². The van der Waals surface area contributed by atoms with Crippen LogP contribution in [0.2, 0.25) is 5.02 Å². The highest BCUT2D eigenvalue weighted by Crippen LogP contribution is 2.51. The molecule has 0 atom stereocenters.